The summed E-state index contributed by atoms with van der Waals surface area (Å²) in [6.45, 7) is 11.1. The number of pyridine rings is 1. The van der Waals surface area contributed by atoms with E-state index in [-0.39, 0.29) is 0 Å². The van der Waals surface area contributed by atoms with Gasteiger partial charge in [-0.1, -0.05) is 36.4 Å². The fourth-order valence-electron chi connectivity index (χ4n) is 4.53. The summed E-state index contributed by atoms with van der Waals surface area (Å²) >= 11 is 0. The Hall–Kier alpha value is -2.64. The number of aromatic nitrogens is 1. The summed E-state index contributed by atoms with van der Waals surface area (Å²) in [6, 6.07) is 15.8. The third-order valence-electron chi connectivity index (χ3n) is 6.20. The van der Waals surface area contributed by atoms with Crippen LogP contribution in [0.15, 0.2) is 53.7 Å². The van der Waals surface area contributed by atoms with Gasteiger partial charge in [0, 0.05) is 56.6 Å². The van der Waals surface area contributed by atoms with Gasteiger partial charge < -0.3 is 20.3 Å². The number of aliphatic imine (C=N–C) groups is 1. The van der Waals surface area contributed by atoms with Crippen LogP contribution in [0.5, 0.6) is 0 Å². The third-order valence-corrected chi connectivity index (χ3v) is 6.20. The Labute approximate surface area is 191 Å². The molecule has 2 N–H and O–H groups in total. The zero-order valence-corrected chi connectivity index (χ0v) is 19.3. The van der Waals surface area contributed by atoms with Gasteiger partial charge >= 0.3 is 0 Å². The van der Waals surface area contributed by atoms with Crippen LogP contribution < -0.4 is 15.5 Å². The molecule has 7 nitrogen and oxygen atoms in total. The van der Waals surface area contributed by atoms with Crippen molar-refractivity contribution < 1.29 is 4.74 Å². The molecule has 1 aromatic heterocycles. The lowest BCUT2D eigenvalue weighted by Crippen LogP contribution is -2.44. The minimum atomic E-state index is 0.388. The smallest absolute Gasteiger partial charge is 0.191 e. The van der Waals surface area contributed by atoms with Gasteiger partial charge in [0.1, 0.15) is 5.82 Å². The fourth-order valence-corrected chi connectivity index (χ4v) is 4.53. The number of nitrogens with zero attached hydrogens (tertiary/aromatic N) is 4. The highest BCUT2D eigenvalue weighted by atomic mass is 16.5. The minimum Gasteiger partial charge on any atom is -0.378 e. The minimum absolute atomic E-state index is 0.388. The first-order valence-corrected chi connectivity index (χ1v) is 11.8. The lowest BCUT2D eigenvalue weighted by molar-refractivity contribution is 0.122. The standard InChI is InChI=1S/C25H36N6O/c1-3-26-25(28-17-22-10-7-11-27-24(22)30-12-14-32-15-13-30)29-23-16-20(2)31(19-23)18-21-8-5-4-6-9-21/h4-11,20,23H,3,12-19H2,1-2H3,(H2,26,28,29). The molecule has 2 saturated heterocycles. The average Bonchev–Trinajstić information content (AvgIpc) is 3.17. The van der Waals surface area contributed by atoms with Crippen molar-refractivity contribution in [1.29, 1.82) is 0 Å². The molecule has 7 heteroatoms. The number of nitrogens with one attached hydrogen (secondary N) is 2. The van der Waals surface area contributed by atoms with Gasteiger partial charge in [0.25, 0.3) is 0 Å². The highest BCUT2D eigenvalue weighted by Gasteiger charge is 2.29. The van der Waals surface area contributed by atoms with E-state index in [0.29, 0.717) is 18.6 Å². The van der Waals surface area contributed by atoms with E-state index in [0.717, 1.165) is 69.7 Å². The van der Waals surface area contributed by atoms with Crippen LogP contribution in [0.1, 0.15) is 31.4 Å². The summed E-state index contributed by atoms with van der Waals surface area (Å²) in [5, 5.41) is 7.10. The topological polar surface area (TPSA) is 65.0 Å². The molecule has 0 bridgehead atoms. The molecule has 0 saturated carbocycles. The van der Waals surface area contributed by atoms with Crippen molar-refractivity contribution >= 4 is 11.8 Å². The second-order valence-electron chi connectivity index (χ2n) is 8.62. The van der Waals surface area contributed by atoms with Crippen molar-refractivity contribution in [1.82, 2.24) is 20.5 Å². The van der Waals surface area contributed by atoms with E-state index in [9.17, 15) is 0 Å². The Balaban J connectivity index is 1.39. The van der Waals surface area contributed by atoms with Gasteiger partial charge in [-0.3, -0.25) is 4.90 Å². The van der Waals surface area contributed by atoms with Crippen LogP contribution in [0.2, 0.25) is 0 Å². The summed E-state index contributed by atoms with van der Waals surface area (Å²) in [5.41, 5.74) is 2.52. The second kappa shape index (κ2) is 11.3. The quantitative estimate of drug-likeness (QED) is 0.514. The molecule has 2 unspecified atom stereocenters. The summed E-state index contributed by atoms with van der Waals surface area (Å²) < 4.78 is 5.50. The summed E-state index contributed by atoms with van der Waals surface area (Å²) in [6.07, 6.45) is 2.98. The predicted molar refractivity (Wildman–Crippen MR) is 130 cm³/mol. The Morgan fingerprint density at radius 1 is 1.16 bits per heavy atom. The van der Waals surface area contributed by atoms with Crippen molar-refractivity contribution in [3.63, 3.8) is 0 Å². The molecular formula is C25H36N6O. The van der Waals surface area contributed by atoms with Crippen LogP contribution in [0, 0.1) is 0 Å². The molecule has 0 amide bonds. The van der Waals surface area contributed by atoms with E-state index in [1.54, 1.807) is 0 Å². The highest BCUT2D eigenvalue weighted by molar-refractivity contribution is 5.80. The summed E-state index contributed by atoms with van der Waals surface area (Å²) in [5.74, 6) is 1.90. The highest BCUT2D eigenvalue weighted by Crippen LogP contribution is 2.21. The van der Waals surface area contributed by atoms with Crippen LogP contribution in [0.3, 0.4) is 0 Å². The molecule has 172 valence electrons. The normalized spacial score (nSPS) is 22.2. The van der Waals surface area contributed by atoms with Crippen molar-refractivity contribution in [3.05, 3.63) is 59.8 Å². The van der Waals surface area contributed by atoms with Gasteiger partial charge in [-0.15, -0.1) is 0 Å². The van der Waals surface area contributed by atoms with Crippen LogP contribution >= 0.6 is 0 Å². The van der Waals surface area contributed by atoms with Crippen LogP contribution in [0.25, 0.3) is 0 Å². The molecule has 2 aromatic rings. The number of rotatable bonds is 7. The summed E-state index contributed by atoms with van der Waals surface area (Å²) in [7, 11) is 0. The first-order valence-electron chi connectivity index (χ1n) is 11.8. The van der Waals surface area contributed by atoms with Gasteiger partial charge in [-0.05, 0) is 31.9 Å². The first kappa shape index (κ1) is 22.6. The van der Waals surface area contributed by atoms with E-state index >= 15 is 0 Å². The molecule has 2 atom stereocenters. The second-order valence-corrected chi connectivity index (χ2v) is 8.62. The maximum absolute atomic E-state index is 5.50. The van der Waals surface area contributed by atoms with Crippen LogP contribution in [-0.4, -0.2) is 67.3 Å². The van der Waals surface area contributed by atoms with Crippen LogP contribution in [-0.2, 0) is 17.8 Å². The van der Waals surface area contributed by atoms with E-state index in [4.69, 9.17) is 9.73 Å². The lowest BCUT2D eigenvalue weighted by Gasteiger charge is -2.29. The maximum Gasteiger partial charge on any atom is 0.191 e. The third kappa shape index (κ3) is 5.99. The predicted octanol–water partition coefficient (Wildman–Crippen LogP) is 2.64. The number of likely N-dealkylation sites (tertiary alicyclic amines) is 1. The molecule has 4 rings (SSSR count). The summed E-state index contributed by atoms with van der Waals surface area (Å²) in [4.78, 5) is 14.4. The number of hydrogen-bond acceptors (Lipinski definition) is 5. The zero-order chi connectivity index (χ0) is 22.2. The van der Waals surface area contributed by atoms with Crippen molar-refractivity contribution in [2.75, 3.05) is 44.3 Å². The SMILES string of the molecule is CCNC(=NCc1cccnc1N1CCOCC1)NC1CC(C)N(Cc2ccccc2)C1. The average molecular weight is 437 g/mol. The molecule has 2 fully saturated rings. The molecule has 2 aliphatic heterocycles. The van der Waals surface area contributed by atoms with Gasteiger partial charge in [0.05, 0.1) is 19.8 Å². The maximum atomic E-state index is 5.50. The largest absolute Gasteiger partial charge is 0.378 e. The molecular weight excluding hydrogens is 400 g/mol. The van der Waals surface area contributed by atoms with E-state index in [2.05, 4.69) is 75.7 Å². The Morgan fingerprint density at radius 2 is 1.97 bits per heavy atom. The monoisotopic (exact) mass is 436 g/mol. The van der Waals surface area contributed by atoms with E-state index in [1.807, 2.05) is 12.3 Å². The number of guanidine groups is 1. The lowest BCUT2D eigenvalue weighted by atomic mass is 10.2. The molecule has 32 heavy (non-hydrogen) atoms. The van der Waals surface area contributed by atoms with Crippen molar-refractivity contribution in [2.45, 2.75) is 45.4 Å². The first-order chi connectivity index (χ1) is 15.7. The van der Waals surface area contributed by atoms with Gasteiger partial charge in [0.15, 0.2) is 5.96 Å². The van der Waals surface area contributed by atoms with Crippen molar-refractivity contribution in [2.24, 2.45) is 4.99 Å². The number of anilines is 1. The van der Waals surface area contributed by atoms with Gasteiger partial charge in [-0.2, -0.15) is 0 Å². The Bertz CT molecular complexity index is 868. The van der Waals surface area contributed by atoms with Gasteiger partial charge in [-0.25, -0.2) is 9.98 Å². The number of hydrogen-bond donors (Lipinski definition) is 2. The van der Waals surface area contributed by atoms with Crippen molar-refractivity contribution in [3.8, 4) is 0 Å². The molecule has 0 radical (unpaired) electrons. The number of benzene rings is 1. The molecule has 2 aliphatic rings. The number of ether oxygens (including phenoxy) is 1. The Kier molecular flexibility index (Phi) is 7.96. The van der Waals surface area contributed by atoms with E-state index in [1.165, 1.54) is 5.56 Å². The van der Waals surface area contributed by atoms with Gasteiger partial charge in [0.2, 0.25) is 0 Å². The molecule has 0 spiro atoms. The molecule has 1 aromatic carbocycles. The Morgan fingerprint density at radius 3 is 2.75 bits per heavy atom. The van der Waals surface area contributed by atoms with Crippen LogP contribution in [0.4, 0.5) is 5.82 Å². The molecule has 0 aliphatic carbocycles. The van der Waals surface area contributed by atoms with E-state index < -0.39 is 0 Å². The fraction of sp³-hybridized carbons (Fsp3) is 0.520. The molecule has 3 heterocycles. The zero-order valence-electron chi connectivity index (χ0n) is 19.3. The number of morpholine rings is 1.